The molecule has 1 amide bonds. The predicted molar refractivity (Wildman–Crippen MR) is 87.1 cm³/mol. The number of carboxylic acid groups (broad SMARTS) is 1. The summed E-state index contributed by atoms with van der Waals surface area (Å²) < 4.78 is 7.04. The van der Waals surface area contributed by atoms with Crippen LogP contribution in [0.1, 0.15) is 12.8 Å². The molecule has 6 nitrogen and oxygen atoms in total. The van der Waals surface area contributed by atoms with Gasteiger partial charge in [-0.2, -0.15) is 0 Å². The molecule has 1 fully saturated rings. The van der Waals surface area contributed by atoms with E-state index < -0.39 is 6.09 Å². The Bertz CT molecular complexity index is 776. The number of hydrogen-bond acceptors (Lipinski definition) is 3. The van der Waals surface area contributed by atoms with Crippen molar-refractivity contribution in [3.63, 3.8) is 0 Å². The largest absolute Gasteiger partial charge is 0.497 e. The van der Waals surface area contributed by atoms with E-state index in [-0.39, 0.29) is 5.56 Å². The lowest BCUT2D eigenvalue weighted by Crippen LogP contribution is -2.39. The Kier molecular flexibility index (Phi) is 4.23. The highest BCUT2D eigenvalue weighted by atomic mass is 16.5. The first-order chi connectivity index (χ1) is 11.1. The fourth-order valence-electron chi connectivity index (χ4n) is 3.15. The molecule has 23 heavy (non-hydrogen) atoms. The van der Waals surface area contributed by atoms with Crippen LogP contribution in [0.5, 0.6) is 5.75 Å². The molecule has 0 bridgehead atoms. The summed E-state index contributed by atoms with van der Waals surface area (Å²) in [7, 11) is 1.61. The lowest BCUT2D eigenvalue weighted by molar-refractivity contribution is 0.121. The number of nitrogens with zero attached hydrogens (tertiary/aromatic N) is 2. The molecular weight excluding hydrogens is 296 g/mol. The first-order valence-corrected chi connectivity index (χ1v) is 7.74. The molecule has 3 rings (SSSR count). The standard InChI is InChI=1S/C17H20N2O4/c1-23-14-4-2-13-3-5-16(20)19(15(13)10-14)11-12-6-8-18(9-7-12)17(21)22/h2-5,10,12H,6-9,11H2,1H3,(H,21,22). The van der Waals surface area contributed by atoms with Crippen LogP contribution in [0.25, 0.3) is 10.9 Å². The van der Waals surface area contributed by atoms with Gasteiger partial charge in [-0.15, -0.1) is 0 Å². The second-order valence-corrected chi connectivity index (χ2v) is 5.92. The van der Waals surface area contributed by atoms with Crippen LogP contribution in [0.15, 0.2) is 35.1 Å². The third-order valence-corrected chi connectivity index (χ3v) is 4.53. The molecule has 1 saturated heterocycles. The molecule has 1 aromatic heterocycles. The molecule has 1 aromatic carbocycles. The van der Waals surface area contributed by atoms with E-state index in [1.54, 1.807) is 17.7 Å². The Labute approximate surface area is 133 Å². The number of pyridine rings is 1. The number of ether oxygens (including phenoxy) is 1. The van der Waals surface area contributed by atoms with Gasteiger partial charge in [0.25, 0.3) is 5.56 Å². The smallest absolute Gasteiger partial charge is 0.407 e. The molecule has 2 aromatic rings. The number of methoxy groups -OCH3 is 1. The maximum atomic E-state index is 12.3. The predicted octanol–water partition coefficient (Wildman–Crippen LogP) is 2.40. The van der Waals surface area contributed by atoms with Crippen LogP contribution in [0, 0.1) is 5.92 Å². The summed E-state index contributed by atoms with van der Waals surface area (Å²) in [6, 6.07) is 9.10. The van der Waals surface area contributed by atoms with Crippen LogP contribution < -0.4 is 10.3 Å². The van der Waals surface area contributed by atoms with Crippen LogP contribution >= 0.6 is 0 Å². The van der Waals surface area contributed by atoms with Crippen molar-refractivity contribution in [2.75, 3.05) is 20.2 Å². The molecular formula is C17H20N2O4. The Morgan fingerprint density at radius 3 is 2.61 bits per heavy atom. The molecule has 0 saturated carbocycles. The van der Waals surface area contributed by atoms with Crippen LogP contribution in [-0.2, 0) is 6.54 Å². The zero-order valence-corrected chi connectivity index (χ0v) is 13.1. The molecule has 0 radical (unpaired) electrons. The zero-order chi connectivity index (χ0) is 16.4. The van der Waals surface area contributed by atoms with Crippen LogP contribution in [-0.4, -0.2) is 40.9 Å². The maximum absolute atomic E-state index is 12.3. The van der Waals surface area contributed by atoms with Crippen molar-refractivity contribution < 1.29 is 14.6 Å². The lowest BCUT2D eigenvalue weighted by Gasteiger charge is -2.30. The highest BCUT2D eigenvalue weighted by Gasteiger charge is 2.23. The van der Waals surface area contributed by atoms with Crippen molar-refractivity contribution >= 4 is 17.0 Å². The lowest BCUT2D eigenvalue weighted by atomic mass is 9.96. The molecule has 1 aliphatic heterocycles. The summed E-state index contributed by atoms with van der Waals surface area (Å²) in [5, 5.41) is 10.0. The van der Waals surface area contributed by atoms with Gasteiger partial charge in [0.15, 0.2) is 0 Å². The second-order valence-electron chi connectivity index (χ2n) is 5.92. The molecule has 122 valence electrons. The Morgan fingerprint density at radius 1 is 1.26 bits per heavy atom. The zero-order valence-electron chi connectivity index (χ0n) is 13.1. The Morgan fingerprint density at radius 2 is 1.96 bits per heavy atom. The van der Waals surface area contributed by atoms with Gasteiger partial charge in [0, 0.05) is 31.8 Å². The van der Waals surface area contributed by atoms with E-state index >= 15 is 0 Å². The number of piperidine rings is 1. The highest BCUT2D eigenvalue weighted by molar-refractivity contribution is 5.80. The molecule has 0 spiro atoms. The summed E-state index contributed by atoms with van der Waals surface area (Å²) in [6.07, 6.45) is 0.688. The average Bonchev–Trinajstić information content (AvgIpc) is 2.57. The third-order valence-electron chi connectivity index (χ3n) is 4.53. The van der Waals surface area contributed by atoms with Crippen LogP contribution in [0.4, 0.5) is 4.79 Å². The first-order valence-electron chi connectivity index (χ1n) is 7.74. The van der Waals surface area contributed by atoms with Gasteiger partial charge in [-0.3, -0.25) is 4.79 Å². The van der Waals surface area contributed by atoms with Gasteiger partial charge in [0.2, 0.25) is 0 Å². The molecule has 1 aliphatic rings. The van der Waals surface area contributed by atoms with E-state index in [9.17, 15) is 9.59 Å². The normalized spacial score (nSPS) is 15.8. The molecule has 0 aliphatic carbocycles. The number of benzene rings is 1. The SMILES string of the molecule is COc1ccc2ccc(=O)n(CC3CCN(C(=O)O)CC3)c2c1. The molecule has 0 atom stereocenters. The third kappa shape index (κ3) is 3.16. The quantitative estimate of drug-likeness (QED) is 0.944. The topological polar surface area (TPSA) is 71.8 Å². The highest BCUT2D eigenvalue weighted by Crippen LogP contribution is 2.23. The Hall–Kier alpha value is -2.50. The van der Waals surface area contributed by atoms with Gasteiger partial charge in [-0.1, -0.05) is 0 Å². The first kappa shape index (κ1) is 15.4. The van der Waals surface area contributed by atoms with Gasteiger partial charge < -0.3 is 19.3 Å². The van der Waals surface area contributed by atoms with E-state index in [1.165, 1.54) is 4.90 Å². The van der Waals surface area contributed by atoms with E-state index in [0.29, 0.717) is 25.6 Å². The van der Waals surface area contributed by atoms with Crippen LogP contribution in [0.3, 0.4) is 0 Å². The van der Waals surface area contributed by atoms with Crippen molar-refractivity contribution in [1.82, 2.24) is 9.47 Å². The number of fused-ring (bicyclic) bond motifs is 1. The number of rotatable bonds is 3. The van der Waals surface area contributed by atoms with Gasteiger partial charge in [-0.25, -0.2) is 4.79 Å². The molecule has 6 heteroatoms. The number of amides is 1. The van der Waals surface area contributed by atoms with Crippen LogP contribution in [0.2, 0.25) is 0 Å². The average molecular weight is 316 g/mol. The summed E-state index contributed by atoms with van der Waals surface area (Å²) in [6.45, 7) is 1.67. The van der Waals surface area contributed by atoms with Crippen molar-refractivity contribution in [2.24, 2.45) is 5.92 Å². The fraction of sp³-hybridized carbons (Fsp3) is 0.412. The van der Waals surface area contributed by atoms with Crippen molar-refractivity contribution in [3.8, 4) is 5.75 Å². The number of likely N-dealkylation sites (tertiary alicyclic amines) is 1. The van der Waals surface area contributed by atoms with E-state index in [4.69, 9.17) is 9.84 Å². The number of hydrogen-bond donors (Lipinski definition) is 1. The summed E-state index contributed by atoms with van der Waals surface area (Å²) in [5.41, 5.74) is 0.823. The minimum atomic E-state index is -0.865. The summed E-state index contributed by atoms with van der Waals surface area (Å²) in [4.78, 5) is 24.7. The van der Waals surface area contributed by atoms with Crippen molar-refractivity contribution in [1.29, 1.82) is 0 Å². The van der Waals surface area contributed by atoms with Gasteiger partial charge in [0.05, 0.1) is 12.6 Å². The van der Waals surface area contributed by atoms with Gasteiger partial charge in [-0.05, 0) is 42.3 Å². The second kappa shape index (κ2) is 6.32. The fourth-order valence-corrected chi connectivity index (χ4v) is 3.15. The summed E-state index contributed by atoms with van der Waals surface area (Å²) >= 11 is 0. The Balaban J connectivity index is 1.86. The van der Waals surface area contributed by atoms with Gasteiger partial charge in [0.1, 0.15) is 5.75 Å². The molecule has 0 unspecified atom stereocenters. The monoisotopic (exact) mass is 316 g/mol. The van der Waals surface area contributed by atoms with Crippen molar-refractivity contribution in [2.45, 2.75) is 19.4 Å². The van der Waals surface area contributed by atoms with Gasteiger partial charge >= 0.3 is 6.09 Å². The maximum Gasteiger partial charge on any atom is 0.407 e. The van der Waals surface area contributed by atoms with E-state index in [2.05, 4.69) is 0 Å². The minimum Gasteiger partial charge on any atom is -0.497 e. The number of aromatic nitrogens is 1. The van der Waals surface area contributed by atoms with Crippen molar-refractivity contribution in [3.05, 3.63) is 40.7 Å². The number of carbonyl (C=O) groups is 1. The van der Waals surface area contributed by atoms with E-state index in [0.717, 1.165) is 29.5 Å². The van der Waals surface area contributed by atoms with E-state index in [1.807, 2.05) is 24.3 Å². The molecule has 1 N–H and O–H groups in total. The minimum absolute atomic E-state index is 0.0357. The molecule has 2 heterocycles. The summed E-state index contributed by atoms with van der Waals surface area (Å²) in [5.74, 6) is 1.03.